The fraction of sp³-hybridized carbons (Fsp3) is 0.583. The fourth-order valence-corrected chi connectivity index (χ4v) is 5.83. The molecule has 0 aromatic heterocycles. The minimum absolute atomic E-state index is 0. The summed E-state index contributed by atoms with van der Waals surface area (Å²) in [5.74, 6) is 0.0586. The second-order valence-electron chi connectivity index (χ2n) is 10.1. The summed E-state index contributed by atoms with van der Waals surface area (Å²) in [7, 11) is 0.793. The number of carbonyl (C=O) groups excluding carboxylic acids is 2. The Hall–Kier alpha value is -2.03. The van der Waals surface area contributed by atoms with Gasteiger partial charge in [-0.05, 0) is 43.4 Å². The largest absolute Gasteiger partial charge is 0.502 e. The number of ether oxygens (including phenoxy) is 1. The first kappa shape index (κ1) is 25.6. The lowest BCUT2D eigenvalue weighted by Gasteiger charge is -2.64. The van der Waals surface area contributed by atoms with Crippen molar-refractivity contribution in [2.45, 2.75) is 64.1 Å². The van der Waals surface area contributed by atoms with Gasteiger partial charge in [-0.15, -0.1) is 12.4 Å². The minimum Gasteiger partial charge on any atom is -0.502 e. The van der Waals surface area contributed by atoms with E-state index in [0.29, 0.717) is 23.8 Å². The first-order valence-electron chi connectivity index (χ1n) is 11.4. The van der Waals surface area contributed by atoms with Crippen molar-refractivity contribution in [1.82, 2.24) is 5.32 Å². The van der Waals surface area contributed by atoms with Gasteiger partial charge in [0.05, 0.1) is 24.8 Å². The highest BCUT2D eigenvalue weighted by molar-refractivity contribution is 6.48. The number of ketones is 1. The Morgan fingerprint density at radius 1 is 1.27 bits per heavy atom. The molecule has 5 atom stereocenters. The quantitative estimate of drug-likeness (QED) is 0.258. The molecule has 180 valence electrons. The lowest BCUT2D eigenvalue weighted by atomic mass is 9.43. The molecule has 3 saturated carbocycles. The highest BCUT2D eigenvalue weighted by Crippen LogP contribution is 2.65. The van der Waals surface area contributed by atoms with E-state index in [-0.39, 0.29) is 41.8 Å². The molecule has 1 saturated heterocycles. The van der Waals surface area contributed by atoms with Gasteiger partial charge in [0.25, 0.3) is 5.91 Å². The Labute approximate surface area is 202 Å². The predicted molar refractivity (Wildman–Crippen MR) is 129 cm³/mol. The Bertz CT molecular complexity index is 911. The van der Waals surface area contributed by atoms with Crippen LogP contribution in [0.5, 0.6) is 0 Å². The molecule has 4 fully saturated rings. The van der Waals surface area contributed by atoms with Crippen LogP contribution in [0.1, 0.15) is 56.8 Å². The molecule has 0 unspecified atom stereocenters. The molecule has 5 rings (SSSR count). The van der Waals surface area contributed by atoms with Crippen LogP contribution in [0, 0.1) is 17.3 Å². The third kappa shape index (κ3) is 4.66. The molecule has 33 heavy (non-hydrogen) atoms. The number of benzene rings is 1. The van der Waals surface area contributed by atoms with Crippen LogP contribution >= 0.6 is 12.4 Å². The molecule has 2 bridgehead atoms. The van der Waals surface area contributed by atoms with Crippen molar-refractivity contribution >= 4 is 31.2 Å². The molecule has 0 radical (unpaired) electrons. The number of hydrogen-bond acceptors (Lipinski definition) is 6. The number of methoxy groups -OCH3 is 1. The Kier molecular flexibility index (Phi) is 7.51. The zero-order valence-corrected chi connectivity index (χ0v) is 20.5. The zero-order chi connectivity index (χ0) is 23.1. The molecule has 3 aliphatic carbocycles. The van der Waals surface area contributed by atoms with Crippen LogP contribution < -0.4 is 11.1 Å². The van der Waals surface area contributed by atoms with Crippen molar-refractivity contribution in [3.63, 3.8) is 0 Å². The first-order chi connectivity index (χ1) is 15.2. The van der Waals surface area contributed by atoms with Crippen molar-refractivity contribution in [2.75, 3.05) is 7.11 Å². The second kappa shape index (κ2) is 9.68. The van der Waals surface area contributed by atoms with E-state index in [1.165, 1.54) is 13.4 Å². The van der Waals surface area contributed by atoms with Gasteiger partial charge in [0.2, 0.25) is 0 Å². The van der Waals surface area contributed by atoms with E-state index in [9.17, 15) is 9.59 Å². The summed E-state index contributed by atoms with van der Waals surface area (Å²) in [6, 6.07) is 9.14. The average Bonchev–Trinajstić information content (AvgIpc) is 3.13. The van der Waals surface area contributed by atoms with Crippen LogP contribution in [0.2, 0.25) is 0 Å². The molecule has 9 heteroatoms. The number of rotatable bonds is 8. The van der Waals surface area contributed by atoms with Gasteiger partial charge in [-0.1, -0.05) is 44.2 Å². The van der Waals surface area contributed by atoms with Gasteiger partial charge in [-0.3, -0.25) is 9.59 Å². The van der Waals surface area contributed by atoms with Gasteiger partial charge < -0.3 is 25.1 Å². The van der Waals surface area contributed by atoms with E-state index in [0.717, 1.165) is 12.8 Å². The summed E-state index contributed by atoms with van der Waals surface area (Å²) in [5, 5.41) is 2.91. The van der Waals surface area contributed by atoms with Crippen LogP contribution in [0.25, 0.3) is 0 Å². The van der Waals surface area contributed by atoms with E-state index >= 15 is 0 Å². The molecule has 1 aromatic carbocycles. The Morgan fingerprint density at radius 3 is 2.61 bits per heavy atom. The molecule has 0 spiro atoms. The zero-order valence-electron chi connectivity index (χ0n) is 19.7. The third-order valence-corrected chi connectivity index (χ3v) is 7.90. The number of nitrogens with two attached hydrogens (primary N) is 1. The van der Waals surface area contributed by atoms with Gasteiger partial charge in [0.1, 0.15) is 12.0 Å². The van der Waals surface area contributed by atoms with Crippen molar-refractivity contribution in [2.24, 2.45) is 23.0 Å². The van der Waals surface area contributed by atoms with Crippen molar-refractivity contribution in [3.05, 3.63) is 47.9 Å². The summed E-state index contributed by atoms with van der Waals surface area (Å²) in [4.78, 5) is 25.3. The van der Waals surface area contributed by atoms with E-state index in [1.807, 2.05) is 18.2 Å². The van der Waals surface area contributed by atoms with Crippen molar-refractivity contribution < 1.29 is 23.6 Å². The molecule has 4 aliphatic rings. The van der Waals surface area contributed by atoms with Crippen LogP contribution in [0.3, 0.4) is 0 Å². The number of hydrogen-bond donors (Lipinski definition) is 2. The predicted octanol–water partition coefficient (Wildman–Crippen LogP) is 3.27. The van der Waals surface area contributed by atoms with E-state index < -0.39 is 24.6 Å². The maximum atomic E-state index is 12.7. The fourth-order valence-electron chi connectivity index (χ4n) is 5.83. The Morgan fingerprint density at radius 2 is 1.97 bits per heavy atom. The summed E-state index contributed by atoms with van der Waals surface area (Å²) in [5.41, 5.74) is 6.23. The van der Waals surface area contributed by atoms with E-state index in [1.54, 1.807) is 12.1 Å². The number of carbonyl (C=O) groups is 2. The number of nitrogens with one attached hydrogen (secondary N) is 1. The molecule has 1 aromatic rings. The Balaban J connectivity index is 0.00000306. The van der Waals surface area contributed by atoms with Crippen LogP contribution in [-0.2, 0) is 18.8 Å². The summed E-state index contributed by atoms with van der Waals surface area (Å²) >= 11 is 0. The van der Waals surface area contributed by atoms with Gasteiger partial charge in [0, 0.05) is 12.0 Å². The smallest absolute Gasteiger partial charge is 0.481 e. The topological polar surface area (TPSA) is 99.9 Å². The monoisotopic (exact) mass is 476 g/mol. The summed E-state index contributed by atoms with van der Waals surface area (Å²) in [6.07, 6.45) is 3.90. The van der Waals surface area contributed by atoms with Gasteiger partial charge in [-0.25, -0.2) is 0 Å². The van der Waals surface area contributed by atoms with Gasteiger partial charge in [-0.2, -0.15) is 0 Å². The molecule has 1 amide bonds. The lowest BCUT2D eigenvalue weighted by Crippen LogP contribution is -2.65. The minimum atomic E-state index is -0.636. The number of amides is 1. The van der Waals surface area contributed by atoms with E-state index in [2.05, 4.69) is 26.1 Å². The molecular formula is C24H34BClN2O5. The van der Waals surface area contributed by atoms with Crippen LogP contribution in [0.4, 0.5) is 0 Å². The van der Waals surface area contributed by atoms with Crippen molar-refractivity contribution in [1.29, 1.82) is 0 Å². The standard InChI is InChI=1S/C24H33BN2O5.ClH/c1-23(2)16-12-19(23)24(3)20(13-16)31-25(32-24)21(27-22(29)17(26)14-30-4)11-10-18(28)15-8-6-5-7-9-15;/h5-9,14,16,19-21H,10-13,26H2,1-4H3,(H,27,29);1H/t16-,19-,20+,21-,24-;/m0./s1. The van der Waals surface area contributed by atoms with Crippen LogP contribution in [-0.4, -0.2) is 43.6 Å². The third-order valence-electron chi connectivity index (χ3n) is 7.90. The second-order valence-corrected chi connectivity index (χ2v) is 10.1. The van der Waals surface area contributed by atoms with Gasteiger partial charge >= 0.3 is 7.12 Å². The van der Waals surface area contributed by atoms with Gasteiger partial charge in [0.15, 0.2) is 5.78 Å². The lowest BCUT2D eigenvalue weighted by molar-refractivity contribution is -0.199. The number of Topliss-reactive ketones (excluding diaryl/α,β-unsaturated/α-hetero) is 1. The SMILES string of the molecule is COC=C(N)C(=O)N[C@@H](CCC(=O)c1ccccc1)B1O[C@@H]2C[C@@H]3C[C@@H](C3(C)C)[C@]2(C)O1.Cl. The number of halogens is 1. The van der Waals surface area contributed by atoms with Crippen molar-refractivity contribution in [3.8, 4) is 0 Å². The summed E-state index contributed by atoms with van der Waals surface area (Å²) < 4.78 is 17.8. The highest BCUT2D eigenvalue weighted by Gasteiger charge is 2.68. The molecule has 7 nitrogen and oxygen atoms in total. The first-order valence-corrected chi connectivity index (χ1v) is 11.4. The highest BCUT2D eigenvalue weighted by atomic mass is 35.5. The average molecular weight is 477 g/mol. The normalized spacial score (nSPS) is 30.4. The summed E-state index contributed by atoms with van der Waals surface area (Å²) in [6.45, 7) is 6.74. The maximum Gasteiger partial charge on any atom is 0.481 e. The van der Waals surface area contributed by atoms with Crippen LogP contribution in [0.15, 0.2) is 42.3 Å². The molecule has 3 N–H and O–H groups in total. The maximum absolute atomic E-state index is 12.7. The van der Waals surface area contributed by atoms with E-state index in [4.69, 9.17) is 19.8 Å². The molecule has 1 aliphatic heterocycles. The molecule has 1 heterocycles. The molecular weight excluding hydrogens is 443 g/mol.